The molecule has 1 aliphatic rings. The van der Waals surface area contributed by atoms with Gasteiger partial charge in [0.25, 0.3) is 5.91 Å². The molecule has 5 rings (SSSR count). The van der Waals surface area contributed by atoms with E-state index in [2.05, 4.69) is 20.2 Å². The second-order valence-corrected chi connectivity index (χ2v) is 8.21. The van der Waals surface area contributed by atoms with Crippen molar-refractivity contribution >= 4 is 40.2 Å². The number of benzene rings is 1. The van der Waals surface area contributed by atoms with Crippen LogP contribution in [0.2, 0.25) is 0 Å². The van der Waals surface area contributed by atoms with Crippen LogP contribution in [0, 0.1) is 13.8 Å². The van der Waals surface area contributed by atoms with E-state index in [9.17, 15) is 22.8 Å². The Balaban J connectivity index is 1.43. The van der Waals surface area contributed by atoms with Gasteiger partial charge in [-0.05, 0) is 49.2 Å². The number of nitrogen functional groups attached to an aromatic ring is 1. The average Bonchev–Trinajstić information content (AvgIpc) is 3.32. The number of urea groups is 1. The lowest BCUT2D eigenvalue weighted by Gasteiger charge is -2.21. The van der Waals surface area contributed by atoms with Crippen molar-refractivity contribution in [2.24, 2.45) is 0 Å². The van der Waals surface area contributed by atoms with Crippen LogP contribution in [0.1, 0.15) is 16.7 Å². The highest BCUT2D eigenvalue weighted by molar-refractivity contribution is 6.27. The van der Waals surface area contributed by atoms with E-state index in [1.807, 2.05) is 0 Å². The Morgan fingerprint density at radius 1 is 1.03 bits per heavy atom. The fourth-order valence-corrected chi connectivity index (χ4v) is 4.07. The Morgan fingerprint density at radius 3 is 2.44 bits per heavy atom. The van der Waals surface area contributed by atoms with Gasteiger partial charge in [0.05, 0.1) is 34.7 Å². The number of nitrogens with zero attached hydrogens (tertiary/aromatic N) is 5. The SMILES string of the molecule is Cc1cc(Oc2cnc3n[nH]c(N)c3c2)cc(C)c1N1C(=O)CN(c2cncc(C(F)(F)F)c2)C1=O. The molecular formula is C23H18F3N7O3. The number of aromatic amines is 1. The number of aromatic nitrogens is 4. The summed E-state index contributed by atoms with van der Waals surface area (Å²) in [5, 5.41) is 7.19. The summed E-state index contributed by atoms with van der Waals surface area (Å²) in [7, 11) is 0. The molecule has 1 fully saturated rings. The number of pyridine rings is 2. The van der Waals surface area contributed by atoms with E-state index in [0.29, 0.717) is 51.4 Å². The maximum atomic E-state index is 13.2. The molecule has 0 bridgehead atoms. The van der Waals surface area contributed by atoms with E-state index in [0.717, 1.165) is 22.1 Å². The van der Waals surface area contributed by atoms with Crippen molar-refractivity contribution < 1.29 is 27.5 Å². The minimum absolute atomic E-state index is 0.123. The molecule has 1 saturated heterocycles. The van der Waals surface area contributed by atoms with Gasteiger partial charge in [-0.15, -0.1) is 0 Å². The largest absolute Gasteiger partial charge is 0.456 e. The van der Waals surface area contributed by atoms with Gasteiger partial charge < -0.3 is 10.5 Å². The molecule has 1 aromatic carbocycles. The first-order chi connectivity index (χ1) is 17.0. The monoisotopic (exact) mass is 497 g/mol. The Kier molecular flexibility index (Phi) is 5.27. The van der Waals surface area contributed by atoms with Crippen molar-refractivity contribution in [2.45, 2.75) is 20.0 Å². The van der Waals surface area contributed by atoms with Gasteiger partial charge >= 0.3 is 12.2 Å². The second kappa shape index (κ2) is 8.22. The van der Waals surface area contributed by atoms with Crippen LogP contribution < -0.4 is 20.3 Å². The zero-order valence-electron chi connectivity index (χ0n) is 18.9. The molecule has 184 valence electrons. The van der Waals surface area contributed by atoms with Crippen LogP contribution in [0.4, 0.5) is 35.2 Å². The lowest BCUT2D eigenvalue weighted by atomic mass is 10.1. The lowest BCUT2D eigenvalue weighted by Crippen LogP contribution is -2.34. The molecule has 4 heterocycles. The number of amides is 3. The first-order valence-corrected chi connectivity index (χ1v) is 10.6. The van der Waals surface area contributed by atoms with Crippen molar-refractivity contribution in [1.29, 1.82) is 0 Å². The molecule has 0 unspecified atom stereocenters. The number of H-pyrrole nitrogens is 1. The molecule has 3 aromatic heterocycles. The van der Waals surface area contributed by atoms with Gasteiger partial charge in [0.2, 0.25) is 0 Å². The maximum Gasteiger partial charge on any atom is 0.417 e. The van der Waals surface area contributed by atoms with Gasteiger partial charge in [0.15, 0.2) is 5.65 Å². The van der Waals surface area contributed by atoms with Gasteiger partial charge in [0.1, 0.15) is 23.9 Å². The highest BCUT2D eigenvalue weighted by Gasteiger charge is 2.40. The summed E-state index contributed by atoms with van der Waals surface area (Å²) in [5.41, 5.74) is 6.56. The number of rotatable bonds is 4. The van der Waals surface area contributed by atoms with Crippen LogP contribution in [0.25, 0.3) is 11.0 Å². The number of nitrogens with two attached hydrogens (primary N) is 1. The molecule has 0 atom stereocenters. The van der Waals surface area contributed by atoms with Crippen LogP contribution >= 0.6 is 0 Å². The molecule has 0 aliphatic carbocycles. The summed E-state index contributed by atoms with van der Waals surface area (Å²) >= 11 is 0. The summed E-state index contributed by atoms with van der Waals surface area (Å²) in [6.07, 6.45) is -1.39. The molecule has 3 amide bonds. The van der Waals surface area contributed by atoms with Gasteiger partial charge in [-0.1, -0.05) is 0 Å². The number of anilines is 3. The van der Waals surface area contributed by atoms with E-state index in [-0.39, 0.29) is 5.69 Å². The summed E-state index contributed by atoms with van der Waals surface area (Å²) < 4.78 is 45.2. The summed E-state index contributed by atoms with van der Waals surface area (Å²) in [6.45, 7) is 2.97. The summed E-state index contributed by atoms with van der Waals surface area (Å²) in [4.78, 5) is 35.6. The molecule has 0 saturated carbocycles. The molecule has 1 aliphatic heterocycles. The molecule has 0 radical (unpaired) electrons. The predicted molar refractivity (Wildman–Crippen MR) is 124 cm³/mol. The number of ether oxygens (including phenoxy) is 1. The van der Waals surface area contributed by atoms with Crippen molar-refractivity contribution in [2.75, 3.05) is 22.1 Å². The summed E-state index contributed by atoms with van der Waals surface area (Å²) in [5.74, 6) is 0.591. The number of aryl methyl sites for hydroxylation is 2. The minimum atomic E-state index is -4.64. The minimum Gasteiger partial charge on any atom is -0.456 e. The molecule has 10 nitrogen and oxygen atoms in total. The topological polar surface area (TPSA) is 130 Å². The highest BCUT2D eigenvalue weighted by Crippen LogP contribution is 2.37. The van der Waals surface area contributed by atoms with Crippen LogP contribution in [0.3, 0.4) is 0 Å². The van der Waals surface area contributed by atoms with Crippen LogP contribution in [-0.4, -0.2) is 38.6 Å². The van der Waals surface area contributed by atoms with E-state index >= 15 is 0 Å². The van der Waals surface area contributed by atoms with Gasteiger partial charge in [0, 0.05) is 6.20 Å². The third-order valence-corrected chi connectivity index (χ3v) is 5.67. The fourth-order valence-electron chi connectivity index (χ4n) is 4.07. The van der Waals surface area contributed by atoms with E-state index < -0.39 is 30.2 Å². The molecule has 13 heteroatoms. The van der Waals surface area contributed by atoms with E-state index in [1.54, 1.807) is 32.0 Å². The Labute approximate surface area is 201 Å². The van der Waals surface area contributed by atoms with Crippen molar-refractivity contribution in [3.05, 3.63) is 59.5 Å². The quantitative estimate of drug-likeness (QED) is 0.401. The first-order valence-electron chi connectivity index (χ1n) is 10.6. The number of imide groups is 1. The number of hydrogen-bond donors (Lipinski definition) is 2. The van der Waals surface area contributed by atoms with Crippen LogP contribution in [0.5, 0.6) is 11.5 Å². The number of nitrogens with one attached hydrogen (secondary N) is 1. The van der Waals surface area contributed by atoms with Gasteiger partial charge in [-0.2, -0.15) is 18.3 Å². The van der Waals surface area contributed by atoms with Gasteiger partial charge in [-0.3, -0.25) is 19.8 Å². The van der Waals surface area contributed by atoms with Crippen molar-refractivity contribution in [1.82, 2.24) is 20.2 Å². The molecule has 3 N–H and O–H groups in total. The Hall–Kier alpha value is -4.68. The maximum absolute atomic E-state index is 13.2. The first kappa shape index (κ1) is 23.1. The number of fused-ring (bicyclic) bond motifs is 1. The average molecular weight is 497 g/mol. The Morgan fingerprint density at radius 2 is 1.75 bits per heavy atom. The zero-order valence-corrected chi connectivity index (χ0v) is 18.9. The lowest BCUT2D eigenvalue weighted by molar-refractivity contribution is -0.137. The summed E-state index contributed by atoms with van der Waals surface area (Å²) in [6, 6.07) is 4.97. The zero-order chi connectivity index (χ0) is 25.8. The van der Waals surface area contributed by atoms with E-state index in [1.165, 1.54) is 6.20 Å². The smallest absolute Gasteiger partial charge is 0.417 e. The van der Waals surface area contributed by atoms with Crippen LogP contribution in [0.15, 0.2) is 42.9 Å². The molecule has 4 aromatic rings. The third kappa shape index (κ3) is 3.93. The van der Waals surface area contributed by atoms with Crippen molar-refractivity contribution in [3.63, 3.8) is 0 Å². The number of halogens is 3. The molecule has 0 spiro atoms. The normalized spacial score (nSPS) is 14.2. The molecular weight excluding hydrogens is 479 g/mol. The standard InChI is InChI=1S/C23H18F3N7O3/c1-11-3-15(36-16-6-17-20(27)30-31-21(17)29-9-16)4-12(2)19(11)33-18(34)10-32(22(33)35)14-5-13(7-28-8-14)23(24,25)26/h3-9H,10H2,1-2H3,(H3,27,29,30,31). The number of carbonyl (C=O) groups is 2. The fraction of sp³-hybridized carbons (Fsp3) is 0.174. The number of alkyl halides is 3. The number of carbonyl (C=O) groups excluding carboxylic acids is 2. The third-order valence-electron chi connectivity index (χ3n) is 5.67. The van der Waals surface area contributed by atoms with Crippen molar-refractivity contribution in [3.8, 4) is 11.5 Å². The number of hydrogen-bond acceptors (Lipinski definition) is 7. The van der Waals surface area contributed by atoms with E-state index in [4.69, 9.17) is 10.5 Å². The second-order valence-electron chi connectivity index (χ2n) is 8.21. The van der Waals surface area contributed by atoms with Gasteiger partial charge in [-0.25, -0.2) is 14.7 Å². The Bertz CT molecular complexity index is 1510. The highest BCUT2D eigenvalue weighted by atomic mass is 19.4. The predicted octanol–water partition coefficient (Wildman–Crippen LogP) is 4.34. The molecule has 36 heavy (non-hydrogen) atoms. The van der Waals surface area contributed by atoms with Crippen LogP contribution in [-0.2, 0) is 11.0 Å².